The Hall–Kier alpha value is -3.73. The van der Waals surface area contributed by atoms with Gasteiger partial charge in [-0.15, -0.1) is 0 Å². The zero-order chi connectivity index (χ0) is 21.1. The quantitative estimate of drug-likeness (QED) is 0.391. The first-order valence-corrected chi connectivity index (χ1v) is 9.61. The maximum atomic E-state index is 14.0. The molecule has 0 bridgehead atoms. The lowest BCUT2D eigenvalue weighted by atomic mass is 9.92. The summed E-state index contributed by atoms with van der Waals surface area (Å²) in [5.41, 5.74) is 0.808. The largest absolute Gasteiger partial charge is 0.467 e. The van der Waals surface area contributed by atoms with Gasteiger partial charge < -0.3 is 10.1 Å². The summed E-state index contributed by atoms with van der Waals surface area (Å²) < 4.78 is 19.0. The van der Waals surface area contributed by atoms with Crippen LogP contribution in [0.5, 0.6) is 0 Å². The third kappa shape index (κ3) is 3.74. The predicted octanol–water partition coefficient (Wildman–Crippen LogP) is 4.65. The smallest absolute Gasteiger partial charge is 0.328 e. The molecule has 0 fully saturated rings. The molecule has 0 aromatic heterocycles. The highest BCUT2D eigenvalue weighted by molar-refractivity contribution is 6.03. The number of carbonyl (C=O) groups excluding carboxylic acids is 2. The lowest BCUT2D eigenvalue weighted by Gasteiger charge is -2.19. The number of esters is 1. The molecule has 0 heterocycles. The summed E-state index contributed by atoms with van der Waals surface area (Å²) in [6.07, 6.45) is 0.217. The minimum atomic E-state index is -0.962. The van der Waals surface area contributed by atoms with Gasteiger partial charge in [0.15, 0.2) is 0 Å². The molecular formula is C25H20FNO3. The number of hydrogen-bond acceptors (Lipinski definition) is 3. The van der Waals surface area contributed by atoms with E-state index in [1.165, 1.54) is 25.3 Å². The van der Waals surface area contributed by atoms with Crippen molar-refractivity contribution in [2.75, 3.05) is 7.11 Å². The molecule has 0 saturated heterocycles. The summed E-state index contributed by atoms with van der Waals surface area (Å²) in [6.45, 7) is 0. The zero-order valence-electron chi connectivity index (χ0n) is 16.4. The molecule has 1 N–H and O–H groups in total. The van der Waals surface area contributed by atoms with Crippen LogP contribution in [0.25, 0.3) is 21.5 Å². The first kappa shape index (κ1) is 19.6. The first-order valence-electron chi connectivity index (χ1n) is 9.61. The fourth-order valence-electron chi connectivity index (χ4n) is 3.75. The summed E-state index contributed by atoms with van der Waals surface area (Å²) in [4.78, 5) is 25.2. The average molecular weight is 401 g/mol. The summed E-state index contributed by atoms with van der Waals surface area (Å²) in [7, 11) is 1.27. The summed E-state index contributed by atoms with van der Waals surface area (Å²) in [5.74, 6) is -1.89. The standard InChI is InChI=1S/C25H20FNO3/c1-30-25(29)23(27-24(28)20-12-6-7-13-22(20)26)15-21-18-10-4-2-8-16(18)14-17-9-3-5-11-19(17)21/h2-14,23H,15H2,1H3,(H,27,28)/t23-/m1/s1. The van der Waals surface area contributed by atoms with Crippen LogP contribution in [0.15, 0.2) is 78.9 Å². The highest BCUT2D eigenvalue weighted by Gasteiger charge is 2.25. The topological polar surface area (TPSA) is 55.4 Å². The van der Waals surface area contributed by atoms with Crippen molar-refractivity contribution in [1.29, 1.82) is 0 Å². The van der Waals surface area contributed by atoms with Crippen molar-refractivity contribution in [3.63, 3.8) is 0 Å². The Morgan fingerprint density at radius 2 is 1.47 bits per heavy atom. The van der Waals surface area contributed by atoms with Crippen LogP contribution in [-0.4, -0.2) is 25.0 Å². The van der Waals surface area contributed by atoms with Crippen molar-refractivity contribution in [3.8, 4) is 0 Å². The SMILES string of the molecule is COC(=O)[C@@H](Cc1c2ccccc2cc2ccccc12)NC(=O)c1ccccc1F. The summed E-state index contributed by atoms with van der Waals surface area (Å²) >= 11 is 0. The minimum absolute atomic E-state index is 0.116. The number of methoxy groups -OCH3 is 1. The van der Waals surface area contributed by atoms with Gasteiger partial charge in [0.05, 0.1) is 12.7 Å². The van der Waals surface area contributed by atoms with Gasteiger partial charge in [-0.05, 0) is 45.3 Å². The number of halogens is 1. The molecule has 4 aromatic carbocycles. The maximum Gasteiger partial charge on any atom is 0.328 e. The van der Waals surface area contributed by atoms with Gasteiger partial charge in [-0.2, -0.15) is 0 Å². The van der Waals surface area contributed by atoms with E-state index >= 15 is 0 Å². The second-order valence-corrected chi connectivity index (χ2v) is 7.03. The number of hydrogen-bond donors (Lipinski definition) is 1. The normalized spacial score (nSPS) is 11.9. The Morgan fingerprint density at radius 3 is 2.07 bits per heavy atom. The zero-order valence-corrected chi connectivity index (χ0v) is 16.4. The monoisotopic (exact) mass is 401 g/mol. The van der Waals surface area contributed by atoms with E-state index in [9.17, 15) is 14.0 Å². The van der Waals surface area contributed by atoms with Crippen LogP contribution in [0.3, 0.4) is 0 Å². The Labute approximate surface area is 173 Å². The van der Waals surface area contributed by atoms with Crippen molar-refractivity contribution >= 4 is 33.4 Å². The van der Waals surface area contributed by atoms with Gasteiger partial charge >= 0.3 is 5.97 Å². The van der Waals surface area contributed by atoms with Crippen LogP contribution in [0, 0.1) is 5.82 Å². The van der Waals surface area contributed by atoms with Gasteiger partial charge in [0.1, 0.15) is 11.9 Å². The fourth-order valence-corrected chi connectivity index (χ4v) is 3.75. The molecule has 1 atom stereocenters. The minimum Gasteiger partial charge on any atom is -0.467 e. The van der Waals surface area contributed by atoms with Gasteiger partial charge in [-0.3, -0.25) is 4.79 Å². The number of carbonyl (C=O) groups is 2. The van der Waals surface area contributed by atoms with Crippen LogP contribution in [0.2, 0.25) is 0 Å². The predicted molar refractivity (Wildman–Crippen MR) is 115 cm³/mol. The van der Waals surface area contributed by atoms with Gasteiger partial charge in [-0.1, -0.05) is 60.7 Å². The highest BCUT2D eigenvalue weighted by Crippen LogP contribution is 2.29. The number of benzene rings is 4. The van der Waals surface area contributed by atoms with E-state index in [1.807, 2.05) is 48.5 Å². The van der Waals surface area contributed by atoms with Crippen LogP contribution < -0.4 is 5.32 Å². The molecule has 0 radical (unpaired) electrons. The molecule has 4 nitrogen and oxygen atoms in total. The van der Waals surface area contributed by atoms with Crippen molar-refractivity contribution in [3.05, 3.63) is 95.8 Å². The number of fused-ring (bicyclic) bond motifs is 2. The van der Waals surface area contributed by atoms with Crippen molar-refractivity contribution in [2.45, 2.75) is 12.5 Å². The second-order valence-electron chi connectivity index (χ2n) is 7.03. The van der Waals surface area contributed by atoms with Crippen molar-refractivity contribution < 1.29 is 18.7 Å². The van der Waals surface area contributed by atoms with Gasteiger partial charge in [0.25, 0.3) is 5.91 Å². The summed E-state index contributed by atoms with van der Waals surface area (Å²) in [6, 6.07) is 22.6. The fraction of sp³-hybridized carbons (Fsp3) is 0.120. The Morgan fingerprint density at radius 1 is 0.900 bits per heavy atom. The van der Waals surface area contributed by atoms with Gasteiger partial charge in [-0.25, -0.2) is 9.18 Å². The maximum absolute atomic E-state index is 14.0. The number of rotatable bonds is 5. The van der Waals surface area contributed by atoms with E-state index < -0.39 is 23.7 Å². The van der Waals surface area contributed by atoms with E-state index in [-0.39, 0.29) is 12.0 Å². The Kier molecular flexibility index (Phi) is 5.44. The highest BCUT2D eigenvalue weighted by atomic mass is 19.1. The molecule has 1 amide bonds. The molecule has 4 rings (SSSR count). The molecule has 4 aromatic rings. The Balaban J connectivity index is 1.77. The van der Waals surface area contributed by atoms with Crippen molar-refractivity contribution in [1.82, 2.24) is 5.32 Å². The van der Waals surface area contributed by atoms with Gasteiger partial charge in [0.2, 0.25) is 0 Å². The van der Waals surface area contributed by atoms with Crippen LogP contribution in [-0.2, 0) is 16.0 Å². The molecule has 0 aliphatic carbocycles. The Bertz CT molecular complexity index is 1200. The lowest BCUT2D eigenvalue weighted by Crippen LogP contribution is -2.43. The van der Waals surface area contributed by atoms with Crippen LogP contribution in [0.4, 0.5) is 4.39 Å². The van der Waals surface area contributed by atoms with Crippen molar-refractivity contribution in [2.24, 2.45) is 0 Å². The molecule has 0 spiro atoms. The molecule has 150 valence electrons. The third-order valence-electron chi connectivity index (χ3n) is 5.20. The number of nitrogens with one attached hydrogen (secondary N) is 1. The molecule has 0 saturated carbocycles. The van der Waals surface area contributed by atoms with Crippen LogP contribution >= 0.6 is 0 Å². The molecular weight excluding hydrogens is 381 g/mol. The first-order chi connectivity index (χ1) is 14.6. The number of amides is 1. The summed E-state index contributed by atoms with van der Waals surface area (Å²) in [5, 5.41) is 6.71. The van der Waals surface area contributed by atoms with E-state index in [0.29, 0.717) is 0 Å². The average Bonchev–Trinajstić information content (AvgIpc) is 2.77. The molecule has 0 aliphatic rings. The lowest BCUT2D eigenvalue weighted by molar-refractivity contribution is -0.142. The molecule has 30 heavy (non-hydrogen) atoms. The van der Waals surface area contributed by atoms with E-state index in [1.54, 1.807) is 6.07 Å². The molecule has 0 unspecified atom stereocenters. The molecule has 5 heteroatoms. The number of ether oxygens (including phenoxy) is 1. The second kappa shape index (κ2) is 8.33. The van der Waals surface area contributed by atoms with E-state index in [2.05, 4.69) is 11.4 Å². The molecule has 0 aliphatic heterocycles. The van der Waals surface area contributed by atoms with E-state index in [4.69, 9.17) is 4.74 Å². The van der Waals surface area contributed by atoms with Gasteiger partial charge in [0, 0.05) is 6.42 Å². The van der Waals surface area contributed by atoms with Crippen LogP contribution in [0.1, 0.15) is 15.9 Å². The third-order valence-corrected chi connectivity index (χ3v) is 5.20. The van der Waals surface area contributed by atoms with E-state index in [0.717, 1.165) is 27.1 Å².